The van der Waals surface area contributed by atoms with E-state index < -0.39 is 0 Å². The average molecular weight is 651 g/mol. The van der Waals surface area contributed by atoms with Crippen molar-refractivity contribution >= 4 is 11.9 Å². The molecule has 46 heavy (non-hydrogen) atoms. The van der Waals surface area contributed by atoms with Crippen molar-refractivity contribution in [1.82, 2.24) is 0 Å². The van der Waals surface area contributed by atoms with Crippen LogP contribution in [0.15, 0.2) is 0 Å². The Labute approximate surface area is 288 Å². The molecule has 0 aromatic heterocycles. The second kappa shape index (κ2) is 36.8. The zero-order valence-electron chi connectivity index (χ0n) is 31.8. The number of carbonyl (C=O) groups is 2. The third kappa shape index (κ3) is 29.1. The summed E-state index contributed by atoms with van der Waals surface area (Å²) < 4.78 is 11.5. The predicted molar refractivity (Wildman–Crippen MR) is 199 cm³/mol. The van der Waals surface area contributed by atoms with Gasteiger partial charge in [-0.2, -0.15) is 0 Å². The van der Waals surface area contributed by atoms with Crippen molar-refractivity contribution in [3.05, 3.63) is 0 Å². The SMILES string of the molecule is CCCCCCCCCCCCCCCCC(C(=O)OCCCC)C(CCCCCCCCCCCCCC)C(=O)OCCCC. The molecule has 0 aliphatic carbocycles. The van der Waals surface area contributed by atoms with Crippen LogP contribution < -0.4 is 0 Å². The molecule has 0 aromatic rings. The Balaban J connectivity index is 4.65. The summed E-state index contributed by atoms with van der Waals surface area (Å²) in [5, 5.41) is 0. The first-order valence-corrected chi connectivity index (χ1v) is 20.9. The maximum absolute atomic E-state index is 13.3. The molecule has 0 radical (unpaired) electrons. The van der Waals surface area contributed by atoms with Crippen LogP contribution in [-0.2, 0) is 19.1 Å². The van der Waals surface area contributed by atoms with Crippen LogP contribution in [-0.4, -0.2) is 25.2 Å². The fraction of sp³-hybridized carbons (Fsp3) is 0.952. The number of rotatable bonds is 37. The van der Waals surface area contributed by atoms with Crippen molar-refractivity contribution in [2.75, 3.05) is 13.2 Å². The highest BCUT2D eigenvalue weighted by atomic mass is 16.5. The Morgan fingerprint density at radius 1 is 0.326 bits per heavy atom. The molecule has 0 rings (SSSR count). The van der Waals surface area contributed by atoms with Gasteiger partial charge in [-0.15, -0.1) is 0 Å². The normalized spacial score (nSPS) is 12.7. The Morgan fingerprint density at radius 3 is 0.783 bits per heavy atom. The van der Waals surface area contributed by atoms with Gasteiger partial charge >= 0.3 is 11.9 Å². The first kappa shape index (κ1) is 44.9. The van der Waals surface area contributed by atoms with Crippen LogP contribution in [0.4, 0.5) is 0 Å². The van der Waals surface area contributed by atoms with E-state index in [9.17, 15) is 9.59 Å². The Bertz CT molecular complexity index is 633. The van der Waals surface area contributed by atoms with Gasteiger partial charge in [0.25, 0.3) is 0 Å². The average Bonchev–Trinajstić information content (AvgIpc) is 3.05. The third-order valence-corrected chi connectivity index (χ3v) is 9.81. The molecule has 0 aliphatic heterocycles. The van der Waals surface area contributed by atoms with Crippen molar-refractivity contribution in [3.63, 3.8) is 0 Å². The highest BCUT2D eigenvalue weighted by Crippen LogP contribution is 2.28. The summed E-state index contributed by atoms with van der Waals surface area (Å²) in [6.07, 6.45) is 39.2. The molecule has 0 heterocycles. The van der Waals surface area contributed by atoms with Crippen LogP contribution in [0.25, 0.3) is 0 Å². The molecule has 0 spiro atoms. The number of carbonyl (C=O) groups excluding carboxylic acids is 2. The predicted octanol–water partition coefficient (Wildman–Crippen LogP) is 13.9. The Hall–Kier alpha value is -1.06. The molecule has 0 aromatic carbocycles. The van der Waals surface area contributed by atoms with Crippen LogP contribution in [0.1, 0.15) is 233 Å². The van der Waals surface area contributed by atoms with Crippen LogP contribution in [0, 0.1) is 11.8 Å². The van der Waals surface area contributed by atoms with E-state index in [1.54, 1.807) is 0 Å². The molecule has 2 unspecified atom stereocenters. The zero-order chi connectivity index (χ0) is 33.8. The minimum atomic E-state index is -0.365. The van der Waals surface area contributed by atoms with Gasteiger partial charge in [0.2, 0.25) is 0 Å². The van der Waals surface area contributed by atoms with Crippen molar-refractivity contribution in [3.8, 4) is 0 Å². The monoisotopic (exact) mass is 651 g/mol. The van der Waals surface area contributed by atoms with Crippen LogP contribution in [0.2, 0.25) is 0 Å². The summed E-state index contributed by atoms with van der Waals surface area (Å²) in [6, 6.07) is 0. The Morgan fingerprint density at radius 2 is 0.543 bits per heavy atom. The second-order valence-corrected chi connectivity index (χ2v) is 14.3. The lowest BCUT2D eigenvalue weighted by Gasteiger charge is -2.25. The van der Waals surface area contributed by atoms with Gasteiger partial charge in [-0.1, -0.05) is 207 Å². The lowest BCUT2D eigenvalue weighted by atomic mass is 9.83. The Kier molecular flexibility index (Phi) is 35.9. The van der Waals surface area contributed by atoms with Gasteiger partial charge in [-0.05, 0) is 25.7 Å². The molecule has 4 nitrogen and oxygen atoms in total. The largest absolute Gasteiger partial charge is 0.465 e. The fourth-order valence-corrected chi connectivity index (χ4v) is 6.58. The molecule has 0 N–H and O–H groups in total. The second-order valence-electron chi connectivity index (χ2n) is 14.3. The molecule has 0 aliphatic rings. The van der Waals surface area contributed by atoms with Crippen LogP contribution >= 0.6 is 0 Å². The molecular weight excluding hydrogens is 568 g/mol. The lowest BCUT2D eigenvalue weighted by Crippen LogP contribution is -2.33. The van der Waals surface area contributed by atoms with E-state index in [-0.39, 0.29) is 23.8 Å². The van der Waals surface area contributed by atoms with Crippen molar-refractivity contribution in [2.24, 2.45) is 11.8 Å². The highest BCUT2D eigenvalue weighted by molar-refractivity contribution is 5.82. The maximum Gasteiger partial charge on any atom is 0.309 e. The van der Waals surface area contributed by atoms with E-state index in [0.717, 1.165) is 64.2 Å². The van der Waals surface area contributed by atoms with Crippen molar-refractivity contribution < 1.29 is 19.1 Å². The first-order chi connectivity index (χ1) is 22.6. The number of unbranched alkanes of at least 4 members (excludes halogenated alkanes) is 26. The van der Waals surface area contributed by atoms with Gasteiger partial charge in [0.05, 0.1) is 25.0 Å². The quantitative estimate of drug-likeness (QED) is 0.0496. The standard InChI is InChI=1S/C42H82O4/c1-5-9-13-15-17-19-21-23-24-26-28-30-32-34-36-40(42(44)46-38-12-8-4)39(41(43)45-37-11-7-3)35-33-31-29-27-25-22-20-18-16-14-10-6-2/h39-40H,5-38H2,1-4H3. The minimum Gasteiger partial charge on any atom is -0.465 e. The summed E-state index contributed by atoms with van der Waals surface area (Å²) in [6.45, 7) is 9.70. The number of hydrogen-bond donors (Lipinski definition) is 0. The molecule has 0 bridgehead atoms. The van der Waals surface area contributed by atoms with Crippen molar-refractivity contribution in [1.29, 1.82) is 0 Å². The molecule has 0 saturated heterocycles. The molecule has 0 saturated carbocycles. The van der Waals surface area contributed by atoms with Crippen molar-refractivity contribution in [2.45, 2.75) is 233 Å². The molecule has 0 amide bonds. The first-order valence-electron chi connectivity index (χ1n) is 20.9. The summed E-state index contributed by atoms with van der Waals surface area (Å²) in [5.41, 5.74) is 0. The zero-order valence-corrected chi connectivity index (χ0v) is 31.8. The number of hydrogen-bond acceptors (Lipinski definition) is 4. The van der Waals surface area contributed by atoms with E-state index in [0.29, 0.717) is 13.2 Å². The molecular formula is C42H82O4. The topological polar surface area (TPSA) is 52.6 Å². The molecule has 274 valence electrons. The van der Waals surface area contributed by atoms with E-state index in [2.05, 4.69) is 27.7 Å². The van der Waals surface area contributed by atoms with Gasteiger partial charge in [-0.3, -0.25) is 9.59 Å². The fourth-order valence-electron chi connectivity index (χ4n) is 6.58. The van der Waals surface area contributed by atoms with E-state index in [1.807, 2.05) is 0 Å². The molecule has 4 heteroatoms. The van der Waals surface area contributed by atoms with Gasteiger partial charge in [0, 0.05) is 0 Å². The maximum atomic E-state index is 13.3. The van der Waals surface area contributed by atoms with Gasteiger partial charge in [-0.25, -0.2) is 0 Å². The van der Waals surface area contributed by atoms with Gasteiger partial charge < -0.3 is 9.47 Å². The summed E-state index contributed by atoms with van der Waals surface area (Å²) in [5.74, 6) is -1.06. The van der Waals surface area contributed by atoms with E-state index in [4.69, 9.17) is 9.47 Å². The number of esters is 2. The van der Waals surface area contributed by atoms with E-state index in [1.165, 1.54) is 141 Å². The number of ether oxygens (including phenoxy) is 2. The van der Waals surface area contributed by atoms with Gasteiger partial charge in [0.1, 0.15) is 0 Å². The molecule has 0 fully saturated rings. The van der Waals surface area contributed by atoms with Gasteiger partial charge in [0.15, 0.2) is 0 Å². The lowest BCUT2D eigenvalue weighted by molar-refractivity contribution is -0.161. The van der Waals surface area contributed by atoms with Crippen LogP contribution in [0.3, 0.4) is 0 Å². The van der Waals surface area contributed by atoms with Crippen LogP contribution in [0.5, 0.6) is 0 Å². The summed E-state index contributed by atoms with van der Waals surface area (Å²) in [7, 11) is 0. The summed E-state index contributed by atoms with van der Waals surface area (Å²) >= 11 is 0. The third-order valence-electron chi connectivity index (χ3n) is 9.81. The van der Waals surface area contributed by atoms with E-state index >= 15 is 0 Å². The smallest absolute Gasteiger partial charge is 0.309 e. The summed E-state index contributed by atoms with van der Waals surface area (Å²) in [4.78, 5) is 26.7. The highest BCUT2D eigenvalue weighted by Gasteiger charge is 2.35. The molecule has 2 atom stereocenters. The minimum absolute atomic E-state index is 0.167.